The second kappa shape index (κ2) is 6.22. The molecule has 3 rings (SSSR count). The number of aryl methyl sites for hydroxylation is 2. The van der Waals surface area contributed by atoms with Crippen molar-refractivity contribution < 1.29 is 12.8 Å². The second-order valence-corrected chi connectivity index (χ2v) is 9.19. The fourth-order valence-electron chi connectivity index (χ4n) is 4.06. The van der Waals surface area contributed by atoms with Crippen LogP contribution in [0.2, 0.25) is 0 Å². The topological polar surface area (TPSA) is 60.2 Å². The van der Waals surface area contributed by atoms with Crippen molar-refractivity contribution in [1.29, 1.82) is 0 Å². The molecule has 1 aliphatic carbocycles. The van der Waals surface area contributed by atoms with Gasteiger partial charge in [0.25, 0.3) is 0 Å². The Balaban J connectivity index is 1.71. The Morgan fingerprint density at radius 1 is 1.12 bits per heavy atom. The van der Waals surface area contributed by atoms with E-state index in [4.69, 9.17) is 5.14 Å². The van der Waals surface area contributed by atoms with Crippen LogP contribution in [0.3, 0.4) is 0 Å². The van der Waals surface area contributed by atoms with E-state index in [1.165, 1.54) is 11.6 Å². The van der Waals surface area contributed by atoms with Gasteiger partial charge in [-0.15, -0.1) is 0 Å². The molecule has 0 saturated heterocycles. The van der Waals surface area contributed by atoms with Crippen LogP contribution in [0.5, 0.6) is 0 Å². The third-order valence-electron chi connectivity index (χ3n) is 5.65. The predicted molar refractivity (Wildman–Crippen MR) is 97.3 cm³/mol. The molecule has 0 amide bonds. The molecule has 1 aliphatic rings. The minimum absolute atomic E-state index is 0.146. The summed E-state index contributed by atoms with van der Waals surface area (Å²) in [7, 11) is -3.65. The first kappa shape index (κ1) is 18.1. The van der Waals surface area contributed by atoms with E-state index < -0.39 is 10.0 Å². The Kier molecular flexibility index (Phi) is 4.50. The van der Waals surface area contributed by atoms with Crippen LogP contribution in [0.1, 0.15) is 42.9 Å². The zero-order chi connectivity index (χ0) is 18.4. The van der Waals surface area contributed by atoms with E-state index in [1.54, 1.807) is 18.2 Å². The van der Waals surface area contributed by atoms with E-state index in [0.717, 1.165) is 24.0 Å². The van der Waals surface area contributed by atoms with Crippen LogP contribution < -0.4 is 5.14 Å². The summed E-state index contributed by atoms with van der Waals surface area (Å²) < 4.78 is 36.0. The van der Waals surface area contributed by atoms with E-state index >= 15 is 0 Å². The van der Waals surface area contributed by atoms with Crippen molar-refractivity contribution in [3.8, 4) is 0 Å². The number of halogens is 1. The maximum absolute atomic E-state index is 13.2. The molecule has 1 fully saturated rings. The molecule has 2 aromatic rings. The average Bonchev–Trinajstić information content (AvgIpc) is 3.06. The summed E-state index contributed by atoms with van der Waals surface area (Å²) >= 11 is 0. The molecule has 3 nitrogen and oxygen atoms in total. The highest BCUT2D eigenvalue weighted by Gasteiger charge is 2.57. The Labute approximate surface area is 149 Å². The molecule has 0 spiro atoms. The average molecular weight is 361 g/mol. The zero-order valence-electron chi connectivity index (χ0n) is 14.8. The lowest BCUT2D eigenvalue weighted by Gasteiger charge is -2.06. The number of benzene rings is 2. The van der Waals surface area contributed by atoms with Crippen molar-refractivity contribution in [2.45, 2.75) is 44.4 Å². The van der Waals surface area contributed by atoms with Gasteiger partial charge in [0.15, 0.2) is 0 Å². The number of hydrogen-bond donors (Lipinski definition) is 1. The van der Waals surface area contributed by atoms with Crippen molar-refractivity contribution >= 4 is 10.0 Å². The van der Waals surface area contributed by atoms with Crippen LogP contribution in [-0.2, 0) is 16.4 Å². The molecule has 25 heavy (non-hydrogen) atoms. The summed E-state index contributed by atoms with van der Waals surface area (Å²) in [4.78, 5) is 0.146. The van der Waals surface area contributed by atoms with E-state index in [1.807, 2.05) is 25.1 Å². The number of nitrogens with two attached hydrogens (primary N) is 1. The van der Waals surface area contributed by atoms with Gasteiger partial charge in [-0.1, -0.05) is 32.0 Å². The first-order valence-electron chi connectivity index (χ1n) is 8.48. The standard InChI is InChI=1S/C20H24FNO2S/c1-13-12-16(21)8-4-14(13)7-11-18-19(20(18,2)3)15-5-9-17(10-6-15)25(22,23)24/h4-6,8-10,12,18-19H,7,11H2,1-3H3,(H2,22,23,24). The lowest BCUT2D eigenvalue weighted by molar-refractivity contribution is 0.529. The fourth-order valence-corrected chi connectivity index (χ4v) is 4.58. The molecule has 2 atom stereocenters. The molecule has 1 saturated carbocycles. The van der Waals surface area contributed by atoms with Crippen LogP contribution in [0, 0.1) is 24.1 Å². The monoisotopic (exact) mass is 361 g/mol. The number of primary sulfonamides is 1. The van der Waals surface area contributed by atoms with Crippen LogP contribution in [0.4, 0.5) is 4.39 Å². The van der Waals surface area contributed by atoms with E-state index in [0.29, 0.717) is 11.8 Å². The van der Waals surface area contributed by atoms with Crippen LogP contribution in [0.15, 0.2) is 47.4 Å². The van der Waals surface area contributed by atoms with E-state index in [2.05, 4.69) is 13.8 Å². The molecule has 0 aromatic heterocycles. The van der Waals surface area contributed by atoms with Gasteiger partial charge >= 0.3 is 0 Å². The minimum atomic E-state index is -3.65. The maximum atomic E-state index is 13.2. The smallest absolute Gasteiger partial charge is 0.225 e. The first-order chi connectivity index (χ1) is 11.6. The summed E-state index contributed by atoms with van der Waals surface area (Å²) in [5.41, 5.74) is 3.51. The molecule has 0 radical (unpaired) electrons. The molecule has 5 heteroatoms. The molecule has 0 bridgehead atoms. The van der Waals surface area contributed by atoms with Gasteiger partial charge in [0, 0.05) is 0 Å². The molecular formula is C20H24FNO2S. The molecule has 134 valence electrons. The van der Waals surface area contributed by atoms with Crippen molar-refractivity contribution in [2.24, 2.45) is 16.5 Å². The lowest BCUT2D eigenvalue weighted by atomic mass is 9.99. The Bertz CT molecular complexity index is 888. The third-order valence-corrected chi connectivity index (χ3v) is 6.58. The van der Waals surface area contributed by atoms with Gasteiger partial charge in [0.05, 0.1) is 4.90 Å². The van der Waals surface area contributed by atoms with Crippen molar-refractivity contribution in [3.63, 3.8) is 0 Å². The van der Waals surface area contributed by atoms with Crippen molar-refractivity contribution in [3.05, 3.63) is 65.0 Å². The van der Waals surface area contributed by atoms with Gasteiger partial charge < -0.3 is 0 Å². The van der Waals surface area contributed by atoms with Crippen LogP contribution in [-0.4, -0.2) is 8.42 Å². The molecule has 0 heterocycles. The number of rotatable bonds is 5. The highest BCUT2D eigenvalue weighted by molar-refractivity contribution is 7.89. The Morgan fingerprint density at radius 3 is 2.32 bits per heavy atom. The van der Waals surface area contributed by atoms with Gasteiger partial charge in [-0.25, -0.2) is 17.9 Å². The van der Waals surface area contributed by atoms with Crippen molar-refractivity contribution in [2.75, 3.05) is 0 Å². The summed E-state index contributed by atoms with van der Waals surface area (Å²) in [6.45, 7) is 6.43. The van der Waals surface area contributed by atoms with Gasteiger partial charge in [-0.3, -0.25) is 0 Å². The molecule has 0 aliphatic heterocycles. The van der Waals surface area contributed by atoms with Gasteiger partial charge in [-0.2, -0.15) is 0 Å². The normalized spacial score (nSPS) is 22.0. The van der Waals surface area contributed by atoms with E-state index in [9.17, 15) is 12.8 Å². The fraction of sp³-hybridized carbons (Fsp3) is 0.400. The van der Waals surface area contributed by atoms with Gasteiger partial charge in [-0.05, 0) is 78.0 Å². The lowest BCUT2D eigenvalue weighted by Crippen LogP contribution is -2.11. The highest BCUT2D eigenvalue weighted by atomic mass is 32.2. The SMILES string of the molecule is Cc1cc(F)ccc1CCC1C(c2ccc(S(N)(=O)=O)cc2)C1(C)C. The number of hydrogen-bond acceptors (Lipinski definition) is 2. The largest absolute Gasteiger partial charge is 0.238 e. The van der Waals surface area contributed by atoms with E-state index in [-0.39, 0.29) is 16.1 Å². The molecule has 2 unspecified atom stereocenters. The van der Waals surface area contributed by atoms with Crippen LogP contribution >= 0.6 is 0 Å². The second-order valence-electron chi connectivity index (χ2n) is 7.63. The van der Waals surface area contributed by atoms with Crippen LogP contribution in [0.25, 0.3) is 0 Å². The summed E-state index contributed by atoms with van der Waals surface area (Å²) in [5.74, 6) is 0.737. The van der Waals surface area contributed by atoms with Gasteiger partial charge in [0.1, 0.15) is 5.82 Å². The predicted octanol–water partition coefficient (Wildman–Crippen LogP) is 4.15. The quantitative estimate of drug-likeness (QED) is 0.869. The minimum Gasteiger partial charge on any atom is -0.225 e. The molecular weight excluding hydrogens is 337 g/mol. The third kappa shape index (κ3) is 3.62. The zero-order valence-corrected chi connectivity index (χ0v) is 15.6. The number of sulfonamides is 1. The Hall–Kier alpha value is -1.72. The maximum Gasteiger partial charge on any atom is 0.238 e. The molecule has 2 N–H and O–H groups in total. The first-order valence-corrected chi connectivity index (χ1v) is 10.0. The molecule has 2 aromatic carbocycles. The van der Waals surface area contributed by atoms with Gasteiger partial charge in [0.2, 0.25) is 10.0 Å². The highest BCUT2D eigenvalue weighted by Crippen LogP contribution is 2.66. The van der Waals surface area contributed by atoms with Crippen molar-refractivity contribution in [1.82, 2.24) is 0 Å². The summed E-state index contributed by atoms with van der Waals surface area (Å²) in [6.07, 6.45) is 1.95. The summed E-state index contributed by atoms with van der Waals surface area (Å²) in [6, 6.07) is 11.9. The summed E-state index contributed by atoms with van der Waals surface area (Å²) in [5, 5.41) is 5.16. The Morgan fingerprint density at radius 2 is 1.76 bits per heavy atom.